The summed E-state index contributed by atoms with van der Waals surface area (Å²) >= 11 is 6.01. The number of fused-ring (bicyclic) bond motifs is 2. The molecular formula is C13H14ClN. The van der Waals surface area contributed by atoms with Crippen LogP contribution in [0.1, 0.15) is 24.8 Å². The smallest absolute Gasteiger partial charge is 0.0412 e. The highest BCUT2D eigenvalue weighted by Crippen LogP contribution is 2.32. The Balaban J connectivity index is 1.94. The predicted molar refractivity (Wildman–Crippen MR) is 64.0 cm³/mol. The van der Waals surface area contributed by atoms with E-state index in [0.29, 0.717) is 12.1 Å². The maximum absolute atomic E-state index is 6.01. The molecule has 2 unspecified atom stereocenters. The van der Waals surface area contributed by atoms with E-state index < -0.39 is 0 Å². The Labute approximate surface area is 95.1 Å². The van der Waals surface area contributed by atoms with Crippen LogP contribution in [0.25, 0.3) is 5.57 Å². The first kappa shape index (κ1) is 9.44. The van der Waals surface area contributed by atoms with Gasteiger partial charge in [0, 0.05) is 17.1 Å². The average Bonchev–Trinajstić information content (AvgIpc) is 2.58. The molecule has 2 atom stereocenters. The molecule has 2 aliphatic heterocycles. The van der Waals surface area contributed by atoms with E-state index in [0.717, 1.165) is 11.4 Å². The van der Waals surface area contributed by atoms with Crippen molar-refractivity contribution in [3.8, 4) is 0 Å². The lowest BCUT2D eigenvalue weighted by Gasteiger charge is -2.21. The summed E-state index contributed by atoms with van der Waals surface area (Å²) in [5.74, 6) is 0. The Kier molecular flexibility index (Phi) is 2.30. The summed E-state index contributed by atoms with van der Waals surface area (Å²) in [4.78, 5) is 0. The Morgan fingerprint density at radius 1 is 1.27 bits per heavy atom. The van der Waals surface area contributed by atoms with Gasteiger partial charge in [-0.15, -0.1) is 0 Å². The van der Waals surface area contributed by atoms with Gasteiger partial charge in [-0.3, -0.25) is 0 Å². The number of benzene rings is 1. The first-order valence-electron chi connectivity index (χ1n) is 5.54. The van der Waals surface area contributed by atoms with Crippen LogP contribution in [-0.4, -0.2) is 12.1 Å². The maximum atomic E-state index is 6.01. The first-order valence-corrected chi connectivity index (χ1v) is 5.92. The second-order valence-corrected chi connectivity index (χ2v) is 4.89. The molecule has 2 heteroatoms. The van der Waals surface area contributed by atoms with E-state index in [-0.39, 0.29) is 0 Å². The van der Waals surface area contributed by atoms with Crippen LogP contribution in [0.3, 0.4) is 0 Å². The number of hydrogen-bond donors (Lipinski definition) is 1. The maximum Gasteiger partial charge on any atom is 0.0412 e. The van der Waals surface area contributed by atoms with Crippen LogP contribution in [-0.2, 0) is 0 Å². The second-order valence-electron chi connectivity index (χ2n) is 4.45. The van der Waals surface area contributed by atoms with Crippen molar-refractivity contribution in [2.24, 2.45) is 0 Å². The molecule has 0 amide bonds. The van der Waals surface area contributed by atoms with Gasteiger partial charge in [-0.25, -0.2) is 0 Å². The van der Waals surface area contributed by atoms with Crippen molar-refractivity contribution in [2.75, 3.05) is 0 Å². The molecule has 1 aromatic rings. The molecule has 78 valence electrons. The van der Waals surface area contributed by atoms with E-state index in [2.05, 4.69) is 23.5 Å². The van der Waals surface area contributed by atoms with E-state index in [4.69, 9.17) is 11.6 Å². The molecule has 1 fully saturated rings. The highest BCUT2D eigenvalue weighted by atomic mass is 35.5. The average molecular weight is 220 g/mol. The number of nitrogens with one attached hydrogen (secondary N) is 1. The molecule has 0 radical (unpaired) electrons. The van der Waals surface area contributed by atoms with Gasteiger partial charge in [-0.1, -0.05) is 29.8 Å². The fourth-order valence-electron chi connectivity index (χ4n) is 2.62. The second kappa shape index (κ2) is 3.66. The van der Waals surface area contributed by atoms with Crippen molar-refractivity contribution in [3.63, 3.8) is 0 Å². The molecule has 2 bridgehead atoms. The summed E-state index contributed by atoms with van der Waals surface area (Å²) in [5, 5.41) is 4.43. The van der Waals surface area contributed by atoms with Gasteiger partial charge in [0.2, 0.25) is 0 Å². The molecule has 0 aromatic heterocycles. The number of rotatable bonds is 1. The zero-order valence-electron chi connectivity index (χ0n) is 8.54. The zero-order valence-corrected chi connectivity index (χ0v) is 9.30. The van der Waals surface area contributed by atoms with Gasteiger partial charge in [0.05, 0.1) is 0 Å². The van der Waals surface area contributed by atoms with Crippen molar-refractivity contribution in [1.29, 1.82) is 0 Å². The minimum atomic E-state index is 0.595. The summed E-state index contributed by atoms with van der Waals surface area (Å²) < 4.78 is 0. The van der Waals surface area contributed by atoms with Crippen molar-refractivity contribution in [1.82, 2.24) is 5.32 Å². The third-order valence-electron chi connectivity index (χ3n) is 3.34. The van der Waals surface area contributed by atoms with Crippen molar-refractivity contribution >= 4 is 17.2 Å². The predicted octanol–water partition coefficient (Wildman–Crippen LogP) is 3.25. The van der Waals surface area contributed by atoms with Gasteiger partial charge in [0.15, 0.2) is 0 Å². The summed E-state index contributed by atoms with van der Waals surface area (Å²) in [5.41, 5.74) is 2.75. The zero-order chi connectivity index (χ0) is 10.3. The largest absolute Gasteiger partial charge is 0.307 e. The topological polar surface area (TPSA) is 12.0 Å². The lowest BCUT2D eigenvalue weighted by Crippen LogP contribution is -2.31. The SMILES string of the molecule is Clc1cccc(C2=CC3CCC(C2)N3)c1. The highest BCUT2D eigenvalue weighted by molar-refractivity contribution is 6.30. The van der Waals surface area contributed by atoms with Crippen LogP contribution < -0.4 is 5.32 Å². The van der Waals surface area contributed by atoms with Crippen LogP contribution in [0.4, 0.5) is 0 Å². The summed E-state index contributed by atoms with van der Waals surface area (Å²) in [6.45, 7) is 0. The monoisotopic (exact) mass is 219 g/mol. The third kappa shape index (κ3) is 1.82. The van der Waals surface area contributed by atoms with E-state index in [1.54, 1.807) is 0 Å². The Bertz CT molecular complexity index is 411. The van der Waals surface area contributed by atoms with Gasteiger partial charge in [0.1, 0.15) is 0 Å². The minimum Gasteiger partial charge on any atom is -0.307 e. The molecular weight excluding hydrogens is 206 g/mol. The molecule has 3 rings (SSSR count). The van der Waals surface area contributed by atoms with Gasteiger partial charge < -0.3 is 5.32 Å². The first-order chi connectivity index (χ1) is 7.31. The number of halogens is 1. The van der Waals surface area contributed by atoms with Crippen molar-refractivity contribution in [2.45, 2.75) is 31.3 Å². The van der Waals surface area contributed by atoms with E-state index in [1.807, 2.05) is 12.1 Å². The van der Waals surface area contributed by atoms with Crippen LogP contribution in [0, 0.1) is 0 Å². The molecule has 1 aromatic carbocycles. The van der Waals surface area contributed by atoms with Crippen LogP contribution >= 0.6 is 11.6 Å². The summed E-state index contributed by atoms with van der Waals surface area (Å²) in [6, 6.07) is 9.47. The van der Waals surface area contributed by atoms with Crippen molar-refractivity contribution < 1.29 is 0 Å². The molecule has 0 aliphatic carbocycles. The molecule has 1 saturated heterocycles. The van der Waals surface area contributed by atoms with Gasteiger partial charge >= 0.3 is 0 Å². The Hall–Kier alpha value is -0.790. The molecule has 2 heterocycles. The molecule has 1 N–H and O–H groups in total. The lowest BCUT2D eigenvalue weighted by molar-refractivity contribution is 0.575. The van der Waals surface area contributed by atoms with Crippen LogP contribution in [0.2, 0.25) is 5.02 Å². The lowest BCUT2D eigenvalue weighted by atomic mass is 9.96. The summed E-state index contributed by atoms with van der Waals surface area (Å²) in [6.07, 6.45) is 6.12. The van der Waals surface area contributed by atoms with E-state index >= 15 is 0 Å². The molecule has 15 heavy (non-hydrogen) atoms. The van der Waals surface area contributed by atoms with Gasteiger partial charge in [-0.05, 0) is 42.5 Å². The van der Waals surface area contributed by atoms with Gasteiger partial charge in [0.25, 0.3) is 0 Å². The molecule has 2 aliphatic rings. The molecule has 0 saturated carbocycles. The summed E-state index contributed by atoms with van der Waals surface area (Å²) in [7, 11) is 0. The van der Waals surface area contributed by atoms with E-state index in [9.17, 15) is 0 Å². The minimum absolute atomic E-state index is 0.595. The highest BCUT2D eigenvalue weighted by Gasteiger charge is 2.28. The fourth-order valence-corrected chi connectivity index (χ4v) is 2.81. The fraction of sp³-hybridized carbons (Fsp3) is 0.385. The molecule has 0 spiro atoms. The Morgan fingerprint density at radius 2 is 2.20 bits per heavy atom. The molecule has 1 nitrogen and oxygen atoms in total. The van der Waals surface area contributed by atoms with Crippen LogP contribution in [0.15, 0.2) is 30.3 Å². The number of hydrogen-bond acceptors (Lipinski definition) is 1. The quantitative estimate of drug-likeness (QED) is 0.765. The van der Waals surface area contributed by atoms with Gasteiger partial charge in [-0.2, -0.15) is 0 Å². The third-order valence-corrected chi connectivity index (χ3v) is 3.58. The standard InChI is InChI=1S/C13H14ClN/c14-11-3-1-2-9(6-11)10-7-12-4-5-13(8-10)15-12/h1-3,6-7,12-13,15H,4-5,8H2. The van der Waals surface area contributed by atoms with Crippen molar-refractivity contribution in [3.05, 3.63) is 40.9 Å². The van der Waals surface area contributed by atoms with Crippen LogP contribution in [0.5, 0.6) is 0 Å². The Morgan fingerprint density at radius 3 is 3.00 bits per heavy atom. The normalized spacial score (nSPS) is 29.0. The van der Waals surface area contributed by atoms with E-state index in [1.165, 1.54) is 24.0 Å².